The molecule has 0 atom stereocenters. The van der Waals surface area contributed by atoms with Crippen LogP contribution in [0.1, 0.15) is 41.6 Å². The molecule has 0 fully saturated rings. The predicted molar refractivity (Wildman–Crippen MR) is 81.0 cm³/mol. The molecular formula is C14H21N3O2S. The Morgan fingerprint density at radius 2 is 2.00 bits per heavy atom. The number of primary amides is 1. The number of nitrogens with zero attached hydrogens (tertiary/aromatic N) is 1. The molecular weight excluding hydrogens is 274 g/mol. The summed E-state index contributed by atoms with van der Waals surface area (Å²) in [6, 6.07) is 0. The van der Waals surface area contributed by atoms with E-state index >= 15 is 0 Å². The molecule has 2 heterocycles. The standard InChI is InChI=1S/C14H21N3O2S/c1-14(2,3)13(19)16-12-10(11(15)18)8-5-6-17(4)7-9(8)20-12/h5-7H2,1-4H3,(H2,15,18)(H,16,19). The van der Waals surface area contributed by atoms with E-state index in [0.717, 1.165) is 30.0 Å². The molecule has 3 N–H and O–H groups in total. The Balaban J connectivity index is 2.38. The number of nitrogens with two attached hydrogens (primary N) is 1. The topological polar surface area (TPSA) is 75.4 Å². The van der Waals surface area contributed by atoms with Crippen LogP contribution < -0.4 is 11.1 Å². The number of carbonyl (C=O) groups excluding carboxylic acids is 2. The van der Waals surface area contributed by atoms with Gasteiger partial charge in [0.05, 0.1) is 5.56 Å². The van der Waals surface area contributed by atoms with E-state index in [9.17, 15) is 9.59 Å². The lowest BCUT2D eigenvalue weighted by atomic mass is 9.95. The number of hydrogen-bond acceptors (Lipinski definition) is 4. The third-order valence-electron chi connectivity index (χ3n) is 3.40. The van der Waals surface area contributed by atoms with E-state index in [1.54, 1.807) is 0 Å². The van der Waals surface area contributed by atoms with Crippen molar-refractivity contribution >= 4 is 28.2 Å². The number of fused-ring (bicyclic) bond motifs is 1. The van der Waals surface area contributed by atoms with Crippen molar-refractivity contribution in [1.82, 2.24) is 4.90 Å². The minimum absolute atomic E-state index is 0.105. The van der Waals surface area contributed by atoms with E-state index in [4.69, 9.17) is 5.73 Å². The van der Waals surface area contributed by atoms with Gasteiger partial charge >= 0.3 is 0 Å². The molecule has 1 aromatic heterocycles. The van der Waals surface area contributed by atoms with Crippen LogP contribution in [-0.4, -0.2) is 30.3 Å². The summed E-state index contributed by atoms with van der Waals surface area (Å²) in [6.07, 6.45) is 0.798. The van der Waals surface area contributed by atoms with Crippen LogP contribution in [0, 0.1) is 5.41 Å². The molecule has 2 rings (SSSR count). The van der Waals surface area contributed by atoms with Crippen molar-refractivity contribution in [2.45, 2.75) is 33.7 Å². The van der Waals surface area contributed by atoms with Gasteiger partial charge in [0.15, 0.2) is 0 Å². The number of amides is 2. The highest BCUT2D eigenvalue weighted by Gasteiger charge is 2.29. The molecule has 1 aromatic rings. The minimum atomic E-state index is -0.504. The van der Waals surface area contributed by atoms with Gasteiger partial charge in [-0.1, -0.05) is 20.8 Å². The third-order valence-corrected chi connectivity index (χ3v) is 4.53. The van der Waals surface area contributed by atoms with E-state index in [1.807, 2.05) is 27.8 Å². The zero-order valence-corrected chi connectivity index (χ0v) is 13.2. The zero-order chi connectivity index (χ0) is 15.1. The second-order valence-corrected chi connectivity index (χ2v) is 7.37. The fraction of sp³-hybridized carbons (Fsp3) is 0.571. The minimum Gasteiger partial charge on any atom is -0.365 e. The summed E-state index contributed by atoms with van der Waals surface area (Å²) < 4.78 is 0. The molecule has 0 spiro atoms. The average Bonchev–Trinajstić information content (AvgIpc) is 2.64. The molecule has 20 heavy (non-hydrogen) atoms. The Kier molecular flexibility index (Phi) is 3.88. The molecule has 0 radical (unpaired) electrons. The molecule has 1 aliphatic rings. The van der Waals surface area contributed by atoms with Crippen LogP contribution in [0.2, 0.25) is 0 Å². The fourth-order valence-electron chi connectivity index (χ4n) is 2.17. The van der Waals surface area contributed by atoms with Crippen LogP contribution in [-0.2, 0) is 17.8 Å². The monoisotopic (exact) mass is 295 g/mol. The largest absolute Gasteiger partial charge is 0.365 e. The van der Waals surface area contributed by atoms with Gasteiger partial charge in [0.2, 0.25) is 5.91 Å². The molecule has 0 bridgehead atoms. The Hall–Kier alpha value is -1.40. The average molecular weight is 295 g/mol. The molecule has 5 nitrogen and oxygen atoms in total. The van der Waals surface area contributed by atoms with Crippen LogP contribution in [0.3, 0.4) is 0 Å². The second kappa shape index (κ2) is 5.18. The van der Waals surface area contributed by atoms with Crippen molar-refractivity contribution in [3.63, 3.8) is 0 Å². The molecule has 110 valence electrons. The Labute approximate surface area is 123 Å². The van der Waals surface area contributed by atoms with E-state index in [-0.39, 0.29) is 5.91 Å². The maximum atomic E-state index is 12.1. The maximum Gasteiger partial charge on any atom is 0.251 e. The number of rotatable bonds is 2. The molecule has 0 aliphatic carbocycles. The summed E-state index contributed by atoms with van der Waals surface area (Å²) in [6.45, 7) is 7.22. The fourth-order valence-corrected chi connectivity index (χ4v) is 3.50. The number of likely N-dealkylation sites (N-methyl/N-ethyl adjacent to an activating group) is 1. The number of thiophene rings is 1. The highest BCUT2D eigenvalue weighted by molar-refractivity contribution is 7.17. The van der Waals surface area contributed by atoms with Crippen molar-refractivity contribution in [3.05, 3.63) is 16.0 Å². The van der Waals surface area contributed by atoms with Gasteiger partial charge in [-0.25, -0.2) is 0 Å². The lowest BCUT2D eigenvalue weighted by molar-refractivity contribution is -0.123. The van der Waals surface area contributed by atoms with Gasteiger partial charge in [-0.05, 0) is 19.0 Å². The van der Waals surface area contributed by atoms with Crippen molar-refractivity contribution in [3.8, 4) is 0 Å². The van der Waals surface area contributed by atoms with Gasteiger partial charge in [0, 0.05) is 23.4 Å². The first-order chi connectivity index (χ1) is 9.20. The Bertz CT molecular complexity index is 558. The normalized spacial score (nSPS) is 15.8. The molecule has 2 amide bonds. The SMILES string of the molecule is CN1CCc2c(sc(NC(=O)C(C)(C)C)c2C(N)=O)C1. The summed E-state index contributed by atoms with van der Waals surface area (Å²) in [5, 5.41) is 3.46. The summed E-state index contributed by atoms with van der Waals surface area (Å²) in [7, 11) is 2.04. The lowest BCUT2D eigenvalue weighted by Gasteiger charge is -2.22. The van der Waals surface area contributed by atoms with Crippen LogP contribution in [0.15, 0.2) is 0 Å². The van der Waals surface area contributed by atoms with Gasteiger partial charge in [0.1, 0.15) is 5.00 Å². The van der Waals surface area contributed by atoms with E-state index in [1.165, 1.54) is 11.3 Å². The van der Waals surface area contributed by atoms with E-state index < -0.39 is 11.3 Å². The number of anilines is 1. The van der Waals surface area contributed by atoms with Gasteiger partial charge in [-0.2, -0.15) is 0 Å². The van der Waals surface area contributed by atoms with Crippen LogP contribution in [0.4, 0.5) is 5.00 Å². The molecule has 0 unspecified atom stereocenters. The van der Waals surface area contributed by atoms with Gasteiger partial charge in [-0.15, -0.1) is 11.3 Å². The van der Waals surface area contributed by atoms with Gasteiger partial charge in [-0.3, -0.25) is 9.59 Å². The molecule has 0 aromatic carbocycles. The summed E-state index contributed by atoms with van der Waals surface area (Å²) >= 11 is 1.46. The quantitative estimate of drug-likeness (QED) is 0.874. The summed E-state index contributed by atoms with van der Waals surface area (Å²) in [5.41, 5.74) is 6.50. The van der Waals surface area contributed by atoms with Crippen LogP contribution in [0.25, 0.3) is 0 Å². The number of nitrogens with one attached hydrogen (secondary N) is 1. The van der Waals surface area contributed by atoms with Crippen LogP contribution >= 0.6 is 11.3 Å². The number of carbonyl (C=O) groups is 2. The first-order valence-electron chi connectivity index (χ1n) is 6.64. The third kappa shape index (κ3) is 2.86. The summed E-state index contributed by atoms with van der Waals surface area (Å²) in [4.78, 5) is 27.2. The van der Waals surface area contributed by atoms with E-state index in [0.29, 0.717) is 10.6 Å². The number of hydrogen-bond donors (Lipinski definition) is 2. The summed E-state index contributed by atoms with van der Waals surface area (Å²) in [5.74, 6) is -0.566. The smallest absolute Gasteiger partial charge is 0.251 e. The molecule has 0 saturated heterocycles. The van der Waals surface area contributed by atoms with Gasteiger partial charge < -0.3 is 16.0 Å². The molecule has 0 saturated carbocycles. The Morgan fingerprint density at radius 1 is 1.35 bits per heavy atom. The van der Waals surface area contributed by atoms with Crippen LogP contribution in [0.5, 0.6) is 0 Å². The highest BCUT2D eigenvalue weighted by Crippen LogP contribution is 2.37. The van der Waals surface area contributed by atoms with Crippen molar-refractivity contribution in [2.24, 2.45) is 11.1 Å². The second-order valence-electron chi connectivity index (χ2n) is 6.26. The van der Waals surface area contributed by atoms with Crippen molar-refractivity contribution < 1.29 is 9.59 Å². The molecule has 6 heteroatoms. The first-order valence-corrected chi connectivity index (χ1v) is 7.46. The van der Waals surface area contributed by atoms with E-state index in [2.05, 4.69) is 10.2 Å². The molecule has 1 aliphatic heterocycles. The van der Waals surface area contributed by atoms with Gasteiger partial charge in [0.25, 0.3) is 5.91 Å². The highest BCUT2D eigenvalue weighted by atomic mass is 32.1. The maximum absolute atomic E-state index is 12.1. The zero-order valence-electron chi connectivity index (χ0n) is 12.4. The van der Waals surface area contributed by atoms with Crippen molar-refractivity contribution in [1.29, 1.82) is 0 Å². The lowest BCUT2D eigenvalue weighted by Crippen LogP contribution is -2.29. The Morgan fingerprint density at radius 3 is 2.55 bits per heavy atom. The van der Waals surface area contributed by atoms with Crippen molar-refractivity contribution in [2.75, 3.05) is 18.9 Å². The first kappa shape index (κ1) is 15.0. The predicted octanol–water partition coefficient (Wildman–Crippen LogP) is 1.82.